The van der Waals surface area contributed by atoms with Crippen molar-refractivity contribution in [2.75, 3.05) is 0 Å². The van der Waals surface area contributed by atoms with Crippen LogP contribution in [0.15, 0.2) is 243 Å². The summed E-state index contributed by atoms with van der Waals surface area (Å²) in [5.41, 5.74) is 6.02. The number of ether oxygens (including phenoxy) is 1. The van der Waals surface area contributed by atoms with Crippen LogP contribution >= 0.6 is 0 Å². The molecule has 0 aliphatic rings. The van der Waals surface area contributed by atoms with E-state index < -0.39 is 37.7 Å². The smallest absolute Gasteiger partial charge is 0.155 e. The molecule has 10 aromatic carbocycles. The molecule has 0 unspecified atom stereocenters. The van der Waals surface area contributed by atoms with Gasteiger partial charge in [-0.3, -0.25) is 0 Å². The van der Waals surface area contributed by atoms with Gasteiger partial charge in [0.1, 0.15) is 5.82 Å². The second-order valence-corrected chi connectivity index (χ2v) is 26.4. The summed E-state index contributed by atoms with van der Waals surface area (Å²) >= 11 is 0. The molecule has 404 valence electrons. The molecule has 7 heteroatoms. The van der Waals surface area contributed by atoms with Crippen LogP contribution in [0.25, 0.3) is 77.7 Å². The maximum atomic E-state index is 10.1. The summed E-state index contributed by atoms with van der Waals surface area (Å²) in [6.45, 7) is 14.3. The first-order valence-corrected chi connectivity index (χ1v) is 29.2. The van der Waals surface area contributed by atoms with Crippen LogP contribution in [0, 0.1) is 25.4 Å². The van der Waals surface area contributed by atoms with Gasteiger partial charge in [-0.25, -0.2) is 4.98 Å². The molecule has 0 fully saturated rings. The van der Waals surface area contributed by atoms with Crippen molar-refractivity contribution < 1.29 is 38.1 Å². The molecule has 0 bridgehead atoms. The Morgan fingerprint density at radius 1 is 0.512 bits per heavy atom. The van der Waals surface area contributed by atoms with Gasteiger partial charge in [-0.05, 0) is 119 Å². The summed E-state index contributed by atoms with van der Waals surface area (Å²) < 4.78 is 93.2. The zero-order valence-electron chi connectivity index (χ0n) is 55.4. The molecule has 0 radical (unpaired) electrons. The van der Waals surface area contributed by atoms with Crippen molar-refractivity contribution in [3.8, 4) is 56.4 Å². The van der Waals surface area contributed by atoms with Crippen LogP contribution in [-0.2, 0) is 31.9 Å². The van der Waals surface area contributed by atoms with Crippen LogP contribution in [0.3, 0.4) is 0 Å². The SMILES string of the molecule is [2H]c1c([2H])c([2H])c(-c2cc(C(C)(C)C)cc(-c3c([2H])c([2H])c([2H])c(-c4cccc5c4n[c-]n5-c4[c-]c(Oc5[c-]c6c(cc5)c5ccccc5n6-c5cc(C(C)(C)C)ccn5)cc([Si](c5ccccc5)(c5ccccc5)c5ccccc5)c4)c3[2H])c2C)c([2H])c1[2H].[Pt]. The van der Waals surface area contributed by atoms with Gasteiger partial charge in [-0.15, -0.1) is 29.3 Å². The number of imidazole rings is 1. The summed E-state index contributed by atoms with van der Waals surface area (Å²) in [6, 6.07) is 65.3. The first-order valence-electron chi connectivity index (χ1n) is 31.7. The minimum Gasteiger partial charge on any atom is -0.510 e. The van der Waals surface area contributed by atoms with Gasteiger partial charge < -0.3 is 18.9 Å². The molecule has 13 rings (SSSR count). The van der Waals surface area contributed by atoms with Crippen LogP contribution in [0.1, 0.15) is 70.6 Å². The first kappa shape index (κ1) is 44.0. The van der Waals surface area contributed by atoms with Crippen molar-refractivity contribution in [2.45, 2.75) is 59.3 Å². The van der Waals surface area contributed by atoms with Crippen molar-refractivity contribution in [2.24, 2.45) is 0 Å². The van der Waals surface area contributed by atoms with E-state index in [9.17, 15) is 5.48 Å². The number of nitrogens with zero attached hydrogens (tertiary/aromatic N) is 4. The van der Waals surface area contributed by atoms with Crippen LogP contribution in [0.4, 0.5) is 0 Å². The largest absolute Gasteiger partial charge is 0.510 e. The molecule has 3 heterocycles. The fourth-order valence-corrected chi connectivity index (χ4v) is 16.1. The molecule has 5 nitrogen and oxygen atoms in total. The number of rotatable bonds is 11. The summed E-state index contributed by atoms with van der Waals surface area (Å²) in [5.74, 6) is 1.60. The third-order valence-corrected chi connectivity index (χ3v) is 20.2. The van der Waals surface area contributed by atoms with Gasteiger partial charge in [0, 0.05) is 50.6 Å². The quantitative estimate of drug-likeness (QED) is 0.0736. The molecule has 0 atom stereocenters. The molecule has 0 spiro atoms. The normalized spacial score (nSPS) is 13.5. The standard InChI is InChI=1S/C75H61N4OSi.Pt/c1-51-67(52-24-12-8-13-25-52)43-56(75(5,6)7)44-68(51)54-27-22-26-53(42-54)64-35-23-37-70-73(64)77-50-78(70)57-46-59(48-63(47-57)81(60-28-14-9-15-29-60,61-30-16-10-17-31-61)62-32-18-11-19-33-62)80-58-38-39-66-65-34-20-21-36-69(65)79(71(66)49-58)72-45-55(40-41-76-72)74(2,3)4;/h8-45,47-48H,1-7H3;/q-3;/i8D,12D,13D,22D,24D,25D,26D,27D,42D;. The predicted molar refractivity (Wildman–Crippen MR) is 338 cm³/mol. The third-order valence-electron chi connectivity index (χ3n) is 15.5. The second-order valence-electron chi connectivity index (χ2n) is 22.6. The van der Waals surface area contributed by atoms with E-state index in [2.05, 4.69) is 159 Å². The maximum Gasteiger partial charge on any atom is 0.155 e. The fourth-order valence-electron chi connectivity index (χ4n) is 11.3. The maximum absolute atomic E-state index is 10.1. The number of hydrogen-bond acceptors (Lipinski definition) is 3. The molecule has 0 aliphatic heterocycles. The Labute approximate surface area is 509 Å². The topological polar surface area (TPSA) is 44.9 Å². The van der Waals surface area contributed by atoms with E-state index in [1.807, 2.05) is 92.2 Å². The number of pyridine rings is 1. The molecule has 0 aliphatic carbocycles. The Balaban J connectivity index is 0.00000800. The predicted octanol–water partition coefficient (Wildman–Crippen LogP) is 16.0. The first-order chi connectivity index (χ1) is 43.1. The Kier molecular flexibility index (Phi) is 11.6. The summed E-state index contributed by atoms with van der Waals surface area (Å²) in [5, 5.41) is 6.38. The molecule has 3 aromatic heterocycles. The van der Waals surface area contributed by atoms with E-state index in [1.54, 1.807) is 13.0 Å². The Morgan fingerprint density at radius 2 is 1.11 bits per heavy atom. The van der Waals surface area contributed by atoms with E-state index in [0.717, 1.165) is 53.9 Å². The van der Waals surface area contributed by atoms with Crippen molar-refractivity contribution >= 4 is 61.7 Å². The molecule has 0 saturated carbocycles. The van der Waals surface area contributed by atoms with Crippen LogP contribution in [-0.4, -0.2) is 27.2 Å². The molecule has 0 saturated heterocycles. The van der Waals surface area contributed by atoms with Gasteiger partial charge >= 0.3 is 0 Å². The Bertz CT molecular complexity index is 4900. The number of hydrogen-bond donors (Lipinski definition) is 0. The molecule has 82 heavy (non-hydrogen) atoms. The van der Waals surface area contributed by atoms with Gasteiger partial charge in [-0.2, -0.15) is 23.4 Å². The van der Waals surface area contributed by atoms with E-state index in [1.165, 1.54) is 0 Å². The Morgan fingerprint density at radius 3 is 1.77 bits per heavy atom. The minimum absolute atomic E-state index is 0. The van der Waals surface area contributed by atoms with Crippen molar-refractivity contribution in [1.82, 2.24) is 19.1 Å². The fraction of sp³-hybridized carbons (Fsp3) is 0.120. The van der Waals surface area contributed by atoms with Crippen LogP contribution in [0.5, 0.6) is 11.5 Å². The van der Waals surface area contributed by atoms with E-state index in [0.29, 0.717) is 56.0 Å². The molecule has 0 N–H and O–H groups in total. The zero-order valence-corrected chi connectivity index (χ0v) is 49.7. The van der Waals surface area contributed by atoms with Gasteiger partial charge in [-0.1, -0.05) is 240 Å². The van der Waals surface area contributed by atoms with Gasteiger partial charge in [0.15, 0.2) is 8.07 Å². The number of para-hydroxylation sites is 2. The Hall–Kier alpha value is -8.67. The molecular formula is C75H61N4OPtSi-3. The van der Waals surface area contributed by atoms with E-state index >= 15 is 0 Å². The number of benzene rings is 10. The second kappa shape index (κ2) is 21.7. The number of aromatic nitrogens is 4. The van der Waals surface area contributed by atoms with Crippen molar-refractivity contribution in [3.63, 3.8) is 0 Å². The summed E-state index contributed by atoms with van der Waals surface area (Å²) in [4.78, 5) is 9.89. The minimum atomic E-state index is -3.30. The van der Waals surface area contributed by atoms with Gasteiger partial charge in [0.2, 0.25) is 0 Å². The summed E-state index contributed by atoms with van der Waals surface area (Å²) in [6.07, 6.45) is 5.15. The average molecular weight is 1270 g/mol. The molecule has 0 amide bonds. The van der Waals surface area contributed by atoms with Gasteiger partial charge in [0.25, 0.3) is 0 Å². The third kappa shape index (κ3) is 9.74. The summed E-state index contributed by atoms with van der Waals surface area (Å²) in [7, 11) is -3.30. The monoisotopic (exact) mass is 1270 g/mol. The van der Waals surface area contributed by atoms with Crippen LogP contribution < -0.4 is 25.5 Å². The van der Waals surface area contributed by atoms with Crippen molar-refractivity contribution in [1.29, 1.82) is 0 Å². The zero-order chi connectivity index (χ0) is 63.3. The van der Waals surface area contributed by atoms with Gasteiger partial charge in [0.05, 0.1) is 12.3 Å². The van der Waals surface area contributed by atoms with E-state index in [4.69, 9.17) is 21.6 Å². The molecule has 13 aromatic rings. The van der Waals surface area contributed by atoms with Crippen molar-refractivity contribution in [3.05, 3.63) is 278 Å². The van der Waals surface area contributed by atoms with Crippen LogP contribution in [0.2, 0.25) is 0 Å². The molecular weight excluding hydrogens is 1200 g/mol. The number of fused-ring (bicyclic) bond motifs is 4. The average Bonchev–Trinajstić information content (AvgIpc) is 1.72. The van der Waals surface area contributed by atoms with E-state index in [-0.39, 0.29) is 73.4 Å².